The number of nitrogens with zero attached hydrogens (tertiary/aromatic N) is 3. The van der Waals surface area contributed by atoms with Gasteiger partial charge >= 0.3 is 0 Å². The number of carbonyl (C=O) groups is 2. The predicted octanol–water partition coefficient (Wildman–Crippen LogP) is 0.321. The zero-order valence-corrected chi connectivity index (χ0v) is 13.5. The number of likely N-dealkylation sites (tertiary alicyclic amines) is 1. The van der Waals surface area contributed by atoms with Crippen LogP contribution in [0.2, 0.25) is 0 Å². The van der Waals surface area contributed by atoms with E-state index in [0.717, 1.165) is 38.8 Å². The highest BCUT2D eigenvalue weighted by Crippen LogP contribution is 2.29. The molecule has 0 radical (unpaired) electrons. The highest BCUT2D eigenvalue weighted by atomic mass is 16.5. The molecule has 0 spiro atoms. The summed E-state index contributed by atoms with van der Waals surface area (Å²) in [5, 5.41) is 0. The smallest absolute Gasteiger partial charge is 0.236 e. The second kappa shape index (κ2) is 6.96. The molecule has 124 valence electrons. The Morgan fingerprint density at radius 2 is 1.86 bits per heavy atom. The zero-order chi connectivity index (χ0) is 15.5. The molecule has 2 saturated heterocycles. The highest BCUT2D eigenvalue weighted by Gasteiger charge is 2.36. The van der Waals surface area contributed by atoms with E-state index in [9.17, 15) is 9.59 Å². The molecule has 1 aliphatic carbocycles. The van der Waals surface area contributed by atoms with Gasteiger partial charge in [-0.25, -0.2) is 0 Å². The van der Waals surface area contributed by atoms with Crippen molar-refractivity contribution in [2.45, 2.75) is 44.7 Å². The quantitative estimate of drug-likeness (QED) is 0.734. The lowest BCUT2D eigenvalue weighted by Gasteiger charge is -2.33. The Morgan fingerprint density at radius 3 is 2.50 bits per heavy atom. The zero-order valence-electron chi connectivity index (χ0n) is 13.5. The lowest BCUT2D eigenvalue weighted by molar-refractivity contribution is -0.136. The van der Waals surface area contributed by atoms with Gasteiger partial charge in [-0.05, 0) is 32.2 Å². The summed E-state index contributed by atoms with van der Waals surface area (Å²) in [6, 6.07) is 0.796. The number of ether oxygens (including phenoxy) is 1. The lowest BCUT2D eigenvalue weighted by Crippen LogP contribution is -2.49. The summed E-state index contributed by atoms with van der Waals surface area (Å²) >= 11 is 0. The van der Waals surface area contributed by atoms with E-state index in [-0.39, 0.29) is 11.8 Å². The van der Waals surface area contributed by atoms with Gasteiger partial charge in [0, 0.05) is 38.6 Å². The van der Waals surface area contributed by atoms with Crippen LogP contribution < -0.4 is 0 Å². The summed E-state index contributed by atoms with van der Waals surface area (Å²) in [5.74, 6) is 0.379. The van der Waals surface area contributed by atoms with Crippen LogP contribution >= 0.6 is 0 Å². The number of rotatable bonds is 5. The Kier molecular flexibility index (Phi) is 4.98. The third-order valence-corrected chi connectivity index (χ3v) is 5.00. The number of carbonyl (C=O) groups excluding carboxylic acids is 2. The third kappa shape index (κ3) is 3.79. The van der Waals surface area contributed by atoms with Gasteiger partial charge < -0.3 is 14.5 Å². The van der Waals surface area contributed by atoms with Gasteiger partial charge in [0.15, 0.2) is 0 Å². The van der Waals surface area contributed by atoms with Crippen LogP contribution in [0.3, 0.4) is 0 Å². The van der Waals surface area contributed by atoms with Crippen LogP contribution in [0.4, 0.5) is 0 Å². The first-order chi connectivity index (χ1) is 10.6. The first-order valence-electron chi connectivity index (χ1n) is 8.52. The first kappa shape index (κ1) is 15.7. The fraction of sp³-hybridized carbons (Fsp3) is 0.875. The van der Waals surface area contributed by atoms with Crippen molar-refractivity contribution in [1.82, 2.24) is 14.7 Å². The van der Waals surface area contributed by atoms with Crippen molar-refractivity contribution in [2.75, 3.05) is 45.9 Å². The van der Waals surface area contributed by atoms with Crippen molar-refractivity contribution >= 4 is 11.8 Å². The molecule has 1 atom stereocenters. The van der Waals surface area contributed by atoms with Gasteiger partial charge in [0.05, 0.1) is 19.8 Å². The van der Waals surface area contributed by atoms with Crippen molar-refractivity contribution in [3.05, 3.63) is 0 Å². The fourth-order valence-electron chi connectivity index (χ4n) is 3.54. The Labute approximate surface area is 132 Å². The molecule has 2 amide bonds. The molecule has 0 aromatic rings. The van der Waals surface area contributed by atoms with Crippen LogP contribution in [0.15, 0.2) is 0 Å². The average Bonchev–Trinajstić information content (AvgIpc) is 3.27. The highest BCUT2D eigenvalue weighted by molar-refractivity contribution is 5.78. The molecule has 2 aliphatic heterocycles. The summed E-state index contributed by atoms with van der Waals surface area (Å²) < 4.78 is 5.30. The summed E-state index contributed by atoms with van der Waals surface area (Å²) in [6.07, 6.45) is 4.49. The molecule has 2 heterocycles. The van der Waals surface area contributed by atoms with Crippen LogP contribution in [-0.2, 0) is 14.3 Å². The van der Waals surface area contributed by atoms with Gasteiger partial charge in [-0.1, -0.05) is 0 Å². The normalized spacial score (nSPS) is 26.2. The number of morpholine rings is 1. The Bertz CT molecular complexity index is 419. The van der Waals surface area contributed by atoms with Crippen LogP contribution in [0.1, 0.15) is 32.6 Å². The van der Waals surface area contributed by atoms with Gasteiger partial charge in [0.2, 0.25) is 11.8 Å². The van der Waals surface area contributed by atoms with Crippen LogP contribution in [0.5, 0.6) is 0 Å². The van der Waals surface area contributed by atoms with Crippen molar-refractivity contribution in [3.8, 4) is 0 Å². The number of hydrogen-bond acceptors (Lipinski definition) is 4. The molecule has 3 aliphatic rings. The second-order valence-corrected chi connectivity index (χ2v) is 6.66. The van der Waals surface area contributed by atoms with E-state index in [4.69, 9.17) is 4.74 Å². The van der Waals surface area contributed by atoms with Crippen molar-refractivity contribution in [2.24, 2.45) is 0 Å². The number of hydrogen-bond donors (Lipinski definition) is 0. The molecule has 0 aromatic carbocycles. The van der Waals surface area contributed by atoms with E-state index in [1.807, 2.05) is 9.80 Å². The molecular weight excluding hydrogens is 282 g/mol. The van der Waals surface area contributed by atoms with E-state index < -0.39 is 0 Å². The Balaban J connectivity index is 1.53. The summed E-state index contributed by atoms with van der Waals surface area (Å²) in [5.41, 5.74) is 0. The van der Waals surface area contributed by atoms with E-state index in [1.54, 1.807) is 6.92 Å². The van der Waals surface area contributed by atoms with Gasteiger partial charge in [-0.3, -0.25) is 14.5 Å². The number of amides is 2. The molecule has 0 unspecified atom stereocenters. The topological polar surface area (TPSA) is 53.1 Å². The molecule has 6 nitrogen and oxygen atoms in total. The van der Waals surface area contributed by atoms with Crippen molar-refractivity contribution in [1.29, 1.82) is 0 Å². The molecule has 0 N–H and O–H groups in total. The monoisotopic (exact) mass is 309 g/mol. The summed E-state index contributed by atoms with van der Waals surface area (Å²) in [7, 11) is 0. The minimum atomic E-state index is 0.175. The van der Waals surface area contributed by atoms with Crippen LogP contribution in [0, 0.1) is 0 Å². The van der Waals surface area contributed by atoms with Gasteiger partial charge in [0.25, 0.3) is 0 Å². The molecule has 0 bridgehead atoms. The third-order valence-electron chi connectivity index (χ3n) is 5.00. The molecular formula is C16H27N3O3. The van der Waals surface area contributed by atoms with Gasteiger partial charge in [-0.2, -0.15) is 0 Å². The van der Waals surface area contributed by atoms with E-state index in [2.05, 4.69) is 4.90 Å². The summed E-state index contributed by atoms with van der Waals surface area (Å²) in [4.78, 5) is 30.4. The van der Waals surface area contributed by atoms with E-state index in [1.165, 1.54) is 0 Å². The van der Waals surface area contributed by atoms with Crippen LogP contribution in [-0.4, -0.2) is 84.5 Å². The molecule has 1 saturated carbocycles. The average molecular weight is 309 g/mol. The fourth-order valence-corrected chi connectivity index (χ4v) is 3.54. The first-order valence-corrected chi connectivity index (χ1v) is 8.52. The maximum atomic E-state index is 12.4. The lowest BCUT2D eigenvalue weighted by atomic mass is 10.2. The van der Waals surface area contributed by atoms with Crippen LogP contribution in [0.25, 0.3) is 0 Å². The van der Waals surface area contributed by atoms with Gasteiger partial charge in [-0.15, -0.1) is 0 Å². The van der Waals surface area contributed by atoms with Crippen molar-refractivity contribution < 1.29 is 14.3 Å². The molecule has 0 aromatic heterocycles. The molecule has 6 heteroatoms. The van der Waals surface area contributed by atoms with E-state index in [0.29, 0.717) is 44.9 Å². The molecule has 22 heavy (non-hydrogen) atoms. The molecule has 3 fully saturated rings. The maximum Gasteiger partial charge on any atom is 0.236 e. The minimum Gasteiger partial charge on any atom is -0.378 e. The second-order valence-electron chi connectivity index (χ2n) is 6.66. The Hall–Kier alpha value is -1.14. The summed E-state index contributed by atoms with van der Waals surface area (Å²) in [6.45, 7) is 6.62. The largest absolute Gasteiger partial charge is 0.378 e. The molecule has 3 rings (SSSR count). The predicted molar refractivity (Wildman–Crippen MR) is 82.4 cm³/mol. The maximum absolute atomic E-state index is 12.4. The van der Waals surface area contributed by atoms with E-state index >= 15 is 0 Å². The minimum absolute atomic E-state index is 0.175. The SMILES string of the molecule is CC(=O)N(C[C@@H]1CCCN1CC(=O)N1CCOCC1)C1CC1. The van der Waals surface area contributed by atoms with Crippen molar-refractivity contribution in [3.63, 3.8) is 0 Å². The Morgan fingerprint density at radius 1 is 1.14 bits per heavy atom. The standard InChI is InChI=1S/C16H27N3O3/c1-13(20)19(14-4-5-14)11-15-3-2-6-18(15)12-16(21)17-7-9-22-10-8-17/h14-15H,2-12H2,1H3/t15-/m0/s1. The van der Waals surface area contributed by atoms with Gasteiger partial charge in [0.1, 0.15) is 0 Å².